The first-order valence-corrected chi connectivity index (χ1v) is 10.00. The number of thioether (sulfide) groups is 1. The van der Waals surface area contributed by atoms with Crippen molar-refractivity contribution in [1.82, 2.24) is 14.9 Å². The second kappa shape index (κ2) is 8.92. The molecular formula is C20H17ClF3N3OS. The van der Waals surface area contributed by atoms with Gasteiger partial charge in [0.1, 0.15) is 5.03 Å². The number of nitrogens with one attached hydrogen (secondary N) is 1. The molecule has 0 radical (unpaired) electrons. The predicted molar refractivity (Wildman–Crippen MR) is 108 cm³/mol. The Morgan fingerprint density at radius 3 is 2.62 bits per heavy atom. The Balaban J connectivity index is 1.56. The number of hydrogen-bond acceptors (Lipinski definition) is 3. The minimum absolute atomic E-state index is 0.0638. The molecule has 0 bridgehead atoms. The van der Waals surface area contributed by atoms with Crippen LogP contribution in [0.15, 0.2) is 60.0 Å². The first-order valence-electron chi connectivity index (χ1n) is 8.63. The molecule has 0 aliphatic carbocycles. The fraction of sp³-hybridized carbons (Fsp3) is 0.200. The molecule has 1 aromatic carbocycles. The molecule has 2 heterocycles. The van der Waals surface area contributed by atoms with Gasteiger partial charge in [0.05, 0.1) is 10.6 Å². The van der Waals surface area contributed by atoms with Crippen LogP contribution in [0.1, 0.15) is 21.5 Å². The number of halogens is 4. The van der Waals surface area contributed by atoms with E-state index in [0.29, 0.717) is 22.9 Å². The van der Waals surface area contributed by atoms with Crippen molar-refractivity contribution in [2.75, 3.05) is 12.3 Å². The normalized spacial score (nSPS) is 11.5. The Morgan fingerprint density at radius 1 is 1.24 bits per heavy atom. The molecule has 3 rings (SSSR count). The zero-order valence-corrected chi connectivity index (χ0v) is 16.9. The molecule has 29 heavy (non-hydrogen) atoms. The van der Waals surface area contributed by atoms with E-state index in [2.05, 4.69) is 10.3 Å². The van der Waals surface area contributed by atoms with Crippen molar-refractivity contribution in [2.45, 2.75) is 18.1 Å². The largest absolute Gasteiger partial charge is 0.417 e. The molecule has 0 spiro atoms. The maximum atomic E-state index is 12.6. The number of hydrogen-bond donors (Lipinski definition) is 1. The van der Waals surface area contributed by atoms with E-state index in [0.717, 1.165) is 23.5 Å². The Labute approximate surface area is 175 Å². The van der Waals surface area contributed by atoms with E-state index in [9.17, 15) is 18.0 Å². The molecule has 0 aliphatic heterocycles. The Bertz CT molecular complexity index is 1010. The second-order valence-electron chi connectivity index (χ2n) is 6.20. The summed E-state index contributed by atoms with van der Waals surface area (Å²) in [5.41, 5.74) is 1.59. The molecule has 2 aromatic heterocycles. The van der Waals surface area contributed by atoms with Gasteiger partial charge in [-0.15, -0.1) is 11.8 Å². The van der Waals surface area contributed by atoms with Crippen LogP contribution >= 0.6 is 23.4 Å². The van der Waals surface area contributed by atoms with Crippen molar-refractivity contribution in [3.05, 3.63) is 76.7 Å². The van der Waals surface area contributed by atoms with Gasteiger partial charge in [-0.1, -0.05) is 17.7 Å². The van der Waals surface area contributed by atoms with Crippen LogP contribution in [0.25, 0.3) is 5.69 Å². The van der Waals surface area contributed by atoms with Gasteiger partial charge < -0.3 is 9.88 Å². The van der Waals surface area contributed by atoms with E-state index in [1.807, 2.05) is 48.1 Å². The van der Waals surface area contributed by atoms with Gasteiger partial charge in [0, 0.05) is 42.1 Å². The summed E-state index contributed by atoms with van der Waals surface area (Å²) in [6.45, 7) is 2.28. The lowest BCUT2D eigenvalue weighted by Gasteiger charge is -2.11. The number of benzene rings is 1. The zero-order chi connectivity index (χ0) is 21.0. The standard InChI is InChI=1S/C20H17ClF3N3OS/c1-13-4-5-14(10-17(13)27-7-2-3-8-27)18(28)25-6-9-29-19-16(21)11-15(12-26-19)20(22,23)24/h2-5,7-8,10-12H,6,9H2,1H3,(H,25,28). The summed E-state index contributed by atoms with van der Waals surface area (Å²) in [6, 6.07) is 10.1. The maximum Gasteiger partial charge on any atom is 0.417 e. The summed E-state index contributed by atoms with van der Waals surface area (Å²) in [4.78, 5) is 16.2. The smallest absolute Gasteiger partial charge is 0.351 e. The minimum atomic E-state index is -4.48. The Hall–Kier alpha value is -2.45. The topological polar surface area (TPSA) is 46.9 Å². The van der Waals surface area contributed by atoms with Crippen LogP contribution in [0, 0.1) is 6.92 Å². The molecule has 0 atom stereocenters. The van der Waals surface area contributed by atoms with Gasteiger partial charge in [0.15, 0.2) is 0 Å². The SMILES string of the molecule is Cc1ccc(C(=O)NCCSc2ncc(C(F)(F)F)cc2Cl)cc1-n1cccc1. The molecule has 3 aromatic rings. The number of carbonyl (C=O) groups excluding carboxylic acids is 1. The number of rotatable bonds is 6. The van der Waals surface area contributed by atoms with Crippen molar-refractivity contribution in [3.8, 4) is 5.69 Å². The van der Waals surface area contributed by atoms with E-state index in [1.165, 1.54) is 11.8 Å². The lowest BCUT2D eigenvalue weighted by Crippen LogP contribution is -2.26. The average Bonchev–Trinajstić information content (AvgIpc) is 3.20. The average molecular weight is 440 g/mol. The number of aromatic nitrogens is 2. The number of alkyl halides is 3. The van der Waals surface area contributed by atoms with Crippen LogP contribution in [0.4, 0.5) is 13.2 Å². The van der Waals surface area contributed by atoms with Crippen LogP contribution in [-0.2, 0) is 6.18 Å². The zero-order valence-electron chi connectivity index (χ0n) is 15.3. The molecule has 0 unspecified atom stereocenters. The van der Waals surface area contributed by atoms with Crippen molar-refractivity contribution < 1.29 is 18.0 Å². The lowest BCUT2D eigenvalue weighted by molar-refractivity contribution is -0.137. The molecule has 9 heteroatoms. The number of amides is 1. The summed E-state index contributed by atoms with van der Waals surface area (Å²) >= 11 is 7.06. The van der Waals surface area contributed by atoms with Gasteiger partial charge in [-0.25, -0.2) is 4.98 Å². The molecule has 1 amide bonds. The molecule has 4 nitrogen and oxygen atoms in total. The molecule has 0 saturated carbocycles. The number of aryl methyl sites for hydroxylation is 1. The van der Waals surface area contributed by atoms with E-state index in [4.69, 9.17) is 11.6 Å². The van der Waals surface area contributed by atoms with Crippen LogP contribution < -0.4 is 5.32 Å². The second-order valence-corrected chi connectivity index (χ2v) is 7.70. The molecule has 152 valence electrons. The van der Waals surface area contributed by atoms with Crippen LogP contribution in [0.2, 0.25) is 5.02 Å². The molecule has 1 N–H and O–H groups in total. The third-order valence-corrected chi connectivity index (χ3v) is 5.52. The van der Waals surface area contributed by atoms with Crippen molar-refractivity contribution in [1.29, 1.82) is 0 Å². The van der Waals surface area contributed by atoms with Crippen LogP contribution in [0.5, 0.6) is 0 Å². The summed E-state index contributed by atoms with van der Waals surface area (Å²) in [6.07, 6.45) is 0.0755. The van der Waals surface area contributed by atoms with Gasteiger partial charge in [0.25, 0.3) is 5.91 Å². The molecule has 0 saturated heterocycles. The van der Waals surface area contributed by atoms with Gasteiger partial charge in [-0.3, -0.25) is 4.79 Å². The fourth-order valence-electron chi connectivity index (χ4n) is 2.62. The third kappa shape index (κ3) is 5.33. The Kier molecular flexibility index (Phi) is 6.54. The monoisotopic (exact) mass is 439 g/mol. The third-order valence-electron chi connectivity index (χ3n) is 4.12. The quantitative estimate of drug-likeness (QED) is 0.414. The van der Waals surface area contributed by atoms with Gasteiger partial charge in [0.2, 0.25) is 0 Å². The van der Waals surface area contributed by atoms with E-state index in [1.54, 1.807) is 6.07 Å². The van der Waals surface area contributed by atoms with Gasteiger partial charge in [-0.2, -0.15) is 13.2 Å². The van der Waals surface area contributed by atoms with Gasteiger partial charge >= 0.3 is 6.18 Å². The number of nitrogens with zero attached hydrogens (tertiary/aromatic N) is 2. The van der Waals surface area contributed by atoms with E-state index >= 15 is 0 Å². The maximum absolute atomic E-state index is 12.6. The summed E-state index contributed by atoms with van der Waals surface area (Å²) in [5.74, 6) is 0.186. The summed E-state index contributed by atoms with van der Waals surface area (Å²) in [7, 11) is 0. The number of pyridine rings is 1. The van der Waals surface area contributed by atoms with E-state index in [-0.39, 0.29) is 10.9 Å². The summed E-state index contributed by atoms with van der Waals surface area (Å²) in [5, 5.41) is 3.02. The van der Waals surface area contributed by atoms with Crippen LogP contribution in [-0.4, -0.2) is 27.8 Å². The molecule has 0 fully saturated rings. The highest BCUT2D eigenvalue weighted by Crippen LogP contribution is 2.33. The molecular weight excluding hydrogens is 423 g/mol. The van der Waals surface area contributed by atoms with Crippen molar-refractivity contribution in [3.63, 3.8) is 0 Å². The highest BCUT2D eigenvalue weighted by Gasteiger charge is 2.31. The number of carbonyl (C=O) groups is 1. The first-order chi connectivity index (χ1) is 13.8. The first kappa shape index (κ1) is 21.3. The molecule has 0 aliphatic rings. The van der Waals surface area contributed by atoms with E-state index < -0.39 is 11.7 Å². The highest BCUT2D eigenvalue weighted by atomic mass is 35.5. The van der Waals surface area contributed by atoms with Crippen molar-refractivity contribution in [2.24, 2.45) is 0 Å². The van der Waals surface area contributed by atoms with Crippen molar-refractivity contribution >= 4 is 29.3 Å². The summed E-state index contributed by atoms with van der Waals surface area (Å²) < 4.78 is 39.9. The minimum Gasteiger partial charge on any atom is -0.351 e. The van der Waals surface area contributed by atoms with Crippen LogP contribution in [0.3, 0.4) is 0 Å². The predicted octanol–water partition coefficient (Wildman–Crippen LogP) is 5.38. The highest BCUT2D eigenvalue weighted by molar-refractivity contribution is 7.99. The lowest BCUT2D eigenvalue weighted by atomic mass is 10.1. The Morgan fingerprint density at radius 2 is 1.97 bits per heavy atom. The fourth-order valence-corrected chi connectivity index (χ4v) is 3.68. The van der Waals surface area contributed by atoms with Gasteiger partial charge in [-0.05, 0) is 42.8 Å².